The van der Waals surface area contributed by atoms with Crippen molar-refractivity contribution in [1.29, 1.82) is 0 Å². The molecule has 1 aromatic carbocycles. The van der Waals surface area contributed by atoms with E-state index in [1.165, 1.54) is 32.2 Å². The van der Waals surface area contributed by atoms with Crippen LogP contribution < -0.4 is 5.32 Å². The molecule has 0 aliphatic heterocycles. The van der Waals surface area contributed by atoms with Crippen LogP contribution in [-0.2, 0) is 20.7 Å². The Balaban J connectivity index is 2.53. The normalized spacial score (nSPS) is 11.7. The van der Waals surface area contributed by atoms with Crippen LogP contribution in [0.4, 0.5) is 4.39 Å². The summed E-state index contributed by atoms with van der Waals surface area (Å²) in [6.07, 6.45) is 0.0269. The van der Waals surface area contributed by atoms with E-state index >= 15 is 0 Å². The van der Waals surface area contributed by atoms with Gasteiger partial charge in [-0.25, -0.2) is 9.18 Å². The minimum atomic E-state index is -0.707. The molecule has 0 heterocycles. The maximum absolute atomic E-state index is 12.9. The molecule has 0 radical (unpaired) electrons. The summed E-state index contributed by atoms with van der Waals surface area (Å²) in [5.74, 6) is -1.26. The molecule has 0 aromatic heterocycles. The van der Waals surface area contributed by atoms with Crippen LogP contribution in [0.25, 0.3) is 0 Å². The highest BCUT2D eigenvalue weighted by Crippen LogP contribution is 2.04. The Hall–Kier alpha value is -1.91. The van der Waals surface area contributed by atoms with Gasteiger partial charge in [-0.3, -0.25) is 4.79 Å². The van der Waals surface area contributed by atoms with Crippen LogP contribution in [0.1, 0.15) is 12.5 Å². The standard InChI is InChI=1S/C12H14FNO3/c1-8(12(16)17-2)14-11(15)7-9-4-3-5-10(13)6-9/h3-6,8H,7H2,1-2H3,(H,14,15)/t8-/m0/s1. The van der Waals surface area contributed by atoms with Gasteiger partial charge in [-0.05, 0) is 24.6 Å². The van der Waals surface area contributed by atoms with Gasteiger partial charge >= 0.3 is 5.97 Å². The Morgan fingerprint density at radius 3 is 2.76 bits per heavy atom. The fraction of sp³-hybridized carbons (Fsp3) is 0.333. The van der Waals surface area contributed by atoms with Gasteiger partial charge in [0.05, 0.1) is 13.5 Å². The molecule has 0 spiro atoms. The first-order valence-electron chi connectivity index (χ1n) is 5.14. The largest absolute Gasteiger partial charge is 0.467 e. The molecule has 17 heavy (non-hydrogen) atoms. The average Bonchev–Trinajstić information content (AvgIpc) is 2.27. The van der Waals surface area contributed by atoms with E-state index in [0.717, 1.165) is 0 Å². The van der Waals surface area contributed by atoms with Crippen LogP contribution in [-0.4, -0.2) is 25.0 Å². The van der Waals surface area contributed by atoms with E-state index in [-0.39, 0.29) is 12.3 Å². The monoisotopic (exact) mass is 239 g/mol. The third-order valence-electron chi connectivity index (χ3n) is 2.19. The van der Waals surface area contributed by atoms with Crippen molar-refractivity contribution in [3.05, 3.63) is 35.6 Å². The number of hydrogen-bond donors (Lipinski definition) is 1. The number of ether oxygens (including phenoxy) is 1. The summed E-state index contributed by atoms with van der Waals surface area (Å²) >= 11 is 0. The third kappa shape index (κ3) is 4.22. The number of esters is 1. The van der Waals surface area contributed by atoms with Crippen molar-refractivity contribution < 1.29 is 18.7 Å². The zero-order valence-corrected chi connectivity index (χ0v) is 9.70. The maximum Gasteiger partial charge on any atom is 0.328 e. The second kappa shape index (κ2) is 5.98. The highest BCUT2D eigenvalue weighted by atomic mass is 19.1. The van der Waals surface area contributed by atoms with Crippen LogP contribution in [0.3, 0.4) is 0 Å². The first-order chi connectivity index (χ1) is 8.02. The van der Waals surface area contributed by atoms with E-state index in [2.05, 4.69) is 10.1 Å². The van der Waals surface area contributed by atoms with Crippen molar-refractivity contribution in [3.8, 4) is 0 Å². The Bertz CT molecular complexity index is 420. The number of amides is 1. The molecule has 1 rings (SSSR count). The van der Waals surface area contributed by atoms with Gasteiger partial charge in [0, 0.05) is 0 Å². The molecule has 4 nitrogen and oxygen atoms in total. The third-order valence-corrected chi connectivity index (χ3v) is 2.19. The molecule has 92 valence electrons. The molecule has 5 heteroatoms. The average molecular weight is 239 g/mol. The summed E-state index contributed by atoms with van der Waals surface area (Å²) in [6.45, 7) is 1.52. The molecule has 1 atom stereocenters. The van der Waals surface area contributed by atoms with Gasteiger partial charge in [-0.1, -0.05) is 12.1 Å². The summed E-state index contributed by atoms with van der Waals surface area (Å²) in [6, 6.07) is 5.05. The minimum absolute atomic E-state index is 0.0269. The summed E-state index contributed by atoms with van der Waals surface area (Å²) < 4.78 is 17.3. The van der Waals surface area contributed by atoms with Crippen LogP contribution in [0.15, 0.2) is 24.3 Å². The summed E-state index contributed by atoms with van der Waals surface area (Å²) in [7, 11) is 1.25. The van der Waals surface area contributed by atoms with Crippen molar-refractivity contribution in [2.24, 2.45) is 0 Å². The number of methoxy groups -OCH3 is 1. The number of hydrogen-bond acceptors (Lipinski definition) is 3. The van der Waals surface area contributed by atoms with Crippen molar-refractivity contribution in [3.63, 3.8) is 0 Å². The molecule has 1 amide bonds. The summed E-state index contributed by atoms with van der Waals surface area (Å²) in [4.78, 5) is 22.6. The van der Waals surface area contributed by atoms with Crippen molar-refractivity contribution >= 4 is 11.9 Å². The van der Waals surface area contributed by atoms with Crippen molar-refractivity contribution in [2.45, 2.75) is 19.4 Å². The van der Waals surface area contributed by atoms with Crippen molar-refractivity contribution in [2.75, 3.05) is 7.11 Å². The Labute approximate surface area is 98.8 Å². The SMILES string of the molecule is COC(=O)[C@H](C)NC(=O)Cc1cccc(F)c1. The van der Waals surface area contributed by atoms with Crippen LogP contribution >= 0.6 is 0 Å². The van der Waals surface area contributed by atoms with Gasteiger partial charge in [0.25, 0.3) is 0 Å². The second-order valence-electron chi connectivity index (χ2n) is 3.62. The van der Waals surface area contributed by atoms with Gasteiger partial charge in [0.2, 0.25) is 5.91 Å². The van der Waals surface area contributed by atoms with Crippen molar-refractivity contribution in [1.82, 2.24) is 5.32 Å². The maximum atomic E-state index is 12.9. The molecular formula is C12H14FNO3. The number of rotatable bonds is 4. The molecular weight excluding hydrogens is 225 g/mol. The number of carbonyl (C=O) groups is 2. The highest BCUT2D eigenvalue weighted by Gasteiger charge is 2.15. The predicted octanol–water partition coefficient (Wildman–Crippen LogP) is 1.05. The van der Waals surface area contributed by atoms with Gasteiger partial charge < -0.3 is 10.1 Å². The lowest BCUT2D eigenvalue weighted by atomic mass is 10.1. The lowest BCUT2D eigenvalue weighted by Crippen LogP contribution is -2.39. The first kappa shape index (κ1) is 13.2. The van der Waals surface area contributed by atoms with Crippen LogP contribution in [0, 0.1) is 5.82 Å². The zero-order chi connectivity index (χ0) is 12.8. The Morgan fingerprint density at radius 2 is 2.18 bits per heavy atom. The zero-order valence-electron chi connectivity index (χ0n) is 9.70. The number of benzene rings is 1. The lowest BCUT2D eigenvalue weighted by Gasteiger charge is -2.11. The van der Waals surface area contributed by atoms with E-state index in [1.54, 1.807) is 6.07 Å². The fourth-order valence-electron chi connectivity index (χ4n) is 1.36. The van der Waals surface area contributed by atoms with Crippen LogP contribution in [0.2, 0.25) is 0 Å². The smallest absolute Gasteiger partial charge is 0.328 e. The van der Waals surface area contributed by atoms with Gasteiger partial charge in [0.15, 0.2) is 0 Å². The van der Waals surface area contributed by atoms with E-state index in [1.807, 2.05) is 0 Å². The molecule has 0 unspecified atom stereocenters. The molecule has 0 bridgehead atoms. The van der Waals surface area contributed by atoms with Gasteiger partial charge in [-0.15, -0.1) is 0 Å². The molecule has 0 saturated carbocycles. The molecule has 0 saturated heterocycles. The number of nitrogens with one attached hydrogen (secondary N) is 1. The number of carbonyl (C=O) groups excluding carboxylic acids is 2. The van der Waals surface area contributed by atoms with E-state index < -0.39 is 17.8 Å². The fourth-order valence-corrected chi connectivity index (χ4v) is 1.36. The quantitative estimate of drug-likeness (QED) is 0.799. The van der Waals surface area contributed by atoms with Gasteiger partial charge in [0.1, 0.15) is 11.9 Å². The summed E-state index contributed by atoms with van der Waals surface area (Å²) in [5, 5.41) is 2.46. The molecule has 1 N–H and O–H groups in total. The first-order valence-corrected chi connectivity index (χ1v) is 5.14. The Kier molecular flexibility index (Phi) is 4.63. The van der Waals surface area contributed by atoms with E-state index in [0.29, 0.717) is 5.56 Å². The molecule has 1 aromatic rings. The van der Waals surface area contributed by atoms with Gasteiger partial charge in [-0.2, -0.15) is 0 Å². The van der Waals surface area contributed by atoms with E-state index in [4.69, 9.17) is 0 Å². The lowest BCUT2D eigenvalue weighted by molar-refractivity contribution is -0.144. The van der Waals surface area contributed by atoms with E-state index in [9.17, 15) is 14.0 Å². The topological polar surface area (TPSA) is 55.4 Å². The Morgan fingerprint density at radius 1 is 1.47 bits per heavy atom. The number of halogens is 1. The summed E-state index contributed by atoms with van der Waals surface area (Å²) in [5.41, 5.74) is 0.555. The molecule has 0 fully saturated rings. The molecule has 0 aliphatic carbocycles. The second-order valence-corrected chi connectivity index (χ2v) is 3.62. The van der Waals surface area contributed by atoms with Crippen LogP contribution in [0.5, 0.6) is 0 Å². The molecule has 0 aliphatic rings. The highest BCUT2D eigenvalue weighted by molar-refractivity contribution is 5.85. The minimum Gasteiger partial charge on any atom is -0.467 e. The predicted molar refractivity (Wildman–Crippen MR) is 59.7 cm³/mol.